The molecule has 0 unspecified atom stereocenters. The van der Waals surface area contributed by atoms with Gasteiger partial charge in [0.1, 0.15) is 5.82 Å². The molecule has 4 rings (SSSR count). The first kappa shape index (κ1) is 21.5. The number of benzene rings is 2. The first-order chi connectivity index (χ1) is 15.3. The smallest absolute Gasteiger partial charge is 0.225 e. The lowest BCUT2D eigenvalue weighted by Crippen LogP contribution is -2.32. The minimum atomic E-state index is 0.101. The van der Waals surface area contributed by atoms with Crippen molar-refractivity contribution in [3.8, 4) is 0 Å². The van der Waals surface area contributed by atoms with E-state index in [4.69, 9.17) is 20.2 Å². The van der Waals surface area contributed by atoms with Crippen LogP contribution in [0.4, 0.5) is 11.8 Å². The van der Waals surface area contributed by atoms with Gasteiger partial charge in [-0.25, -0.2) is 4.98 Å². The highest BCUT2D eigenvalue weighted by molar-refractivity contribution is 5.90. The highest BCUT2D eigenvalue weighted by atomic mass is 16.3. The lowest BCUT2D eigenvalue weighted by Gasteiger charge is -2.30. The molecule has 2 heterocycles. The molecule has 0 aliphatic carbocycles. The first-order valence-corrected chi connectivity index (χ1v) is 11.0. The van der Waals surface area contributed by atoms with Crippen LogP contribution in [-0.2, 0) is 13.0 Å². The highest BCUT2D eigenvalue weighted by Gasteiger charge is 2.20. The summed E-state index contributed by atoms with van der Waals surface area (Å²) in [6.07, 6.45) is 1.89. The number of fused-ring (bicyclic) bond motifs is 2. The number of hydrogen-bond acceptors (Lipinski definition) is 7. The Morgan fingerprint density at radius 2 is 1.65 bits per heavy atom. The van der Waals surface area contributed by atoms with Crippen molar-refractivity contribution >= 4 is 22.7 Å². The topological polar surface area (TPSA) is 84.8 Å². The van der Waals surface area contributed by atoms with Crippen LogP contribution in [0, 0.1) is 0 Å². The van der Waals surface area contributed by atoms with Crippen molar-refractivity contribution in [3.05, 3.63) is 59.7 Å². The van der Waals surface area contributed by atoms with E-state index >= 15 is 0 Å². The van der Waals surface area contributed by atoms with Crippen LogP contribution >= 0.6 is 0 Å². The van der Waals surface area contributed by atoms with E-state index < -0.39 is 0 Å². The summed E-state index contributed by atoms with van der Waals surface area (Å²) in [7, 11) is 0. The molecule has 1 aliphatic heterocycles. The molecule has 0 bridgehead atoms. The van der Waals surface area contributed by atoms with Gasteiger partial charge in [0.05, 0.1) is 18.7 Å². The summed E-state index contributed by atoms with van der Waals surface area (Å²) < 4.78 is 0. The van der Waals surface area contributed by atoms with E-state index in [9.17, 15) is 0 Å². The van der Waals surface area contributed by atoms with Gasteiger partial charge < -0.3 is 20.4 Å². The number of aliphatic hydroxyl groups excluding tert-OH is 2. The maximum Gasteiger partial charge on any atom is 0.225 e. The van der Waals surface area contributed by atoms with Crippen molar-refractivity contribution in [1.29, 1.82) is 0 Å². The number of anilines is 2. The normalized spacial score (nSPS) is 13.6. The Labute approximate surface area is 183 Å². The number of nitrogens with zero attached hydrogens (tertiary/aromatic N) is 4. The fourth-order valence-corrected chi connectivity index (χ4v) is 4.18. The fraction of sp³-hybridized carbons (Fsp3) is 0.417. The van der Waals surface area contributed by atoms with Gasteiger partial charge in [-0.15, -0.1) is 0 Å². The van der Waals surface area contributed by atoms with Crippen LogP contribution in [-0.4, -0.2) is 71.0 Å². The standard InChI is InChI=1S/C24H31N5O2/c30-16-14-28(15-17-31)12-5-11-25-24-26-22-9-4-3-8-21(22)23(27-24)29-13-10-19-6-1-2-7-20(19)18-29/h1-4,6-9,30-31H,5,10-18H2,(H,25,26,27). The molecule has 1 aliphatic rings. The Morgan fingerprint density at radius 1 is 0.903 bits per heavy atom. The maximum absolute atomic E-state index is 9.15. The minimum absolute atomic E-state index is 0.101. The summed E-state index contributed by atoms with van der Waals surface area (Å²) >= 11 is 0. The summed E-state index contributed by atoms with van der Waals surface area (Å²) in [6.45, 7) is 4.68. The number of nitrogens with one attached hydrogen (secondary N) is 1. The summed E-state index contributed by atoms with van der Waals surface area (Å²) in [4.78, 5) is 14.0. The van der Waals surface area contributed by atoms with Crippen LogP contribution in [0.15, 0.2) is 48.5 Å². The SMILES string of the molecule is OCCN(CCO)CCCNc1nc(N2CCc3ccccc3C2)c2ccccc2n1. The maximum atomic E-state index is 9.15. The monoisotopic (exact) mass is 421 g/mol. The van der Waals surface area contributed by atoms with E-state index in [-0.39, 0.29) is 13.2 Å². The van der Waals surface area contributed by atoms with Gasteiger partial charge in [-0.3, -0.25) is 4.90 Å². The Balaban J connectivity index is 1.48. The molecule has 164 valence electrons. The third-order valence-electron chi connectivity index (χ3n) is 5.78. The molecular weight excluding hydrogens is 390 g/mol. The van der Waals surface area contributed by atoms with Gasteiger partial charge in [0.25, 0.3) is 0 Å². The molecule has 0 saturated heterocycles. The van der Waals surface area contributed by atoms with Gasteiger partial charge >= 0.3 is 0 Å². The van der Waals surface area contributed by atoms with Gasteiger partial charge in [0.15, 0.2) is 0 Å². The molecule has 1 aromatic heterocycles. The van der Waals surface area contributed by atoms with E-state index in [1.807, 2.05) is 18.2 Å². The molecule has 0 spiro atoms. The van der Waals surface area contributed by atoms with Gasteiger partial charge in [-0.2, -0.15) is 4.98 Å². The van der Waals surface area contributed by atoms with E-state index in [1.54, 1.807) is 0 Å². The van der Waals surface area contributed by atoms with Crippen LogP contribution in [0.2, 0.25) is 0 Å². The van der Waals surface area contributed by atoms with Crippen molar-refractivity contribution in [2.45, 2.75) is 19.4 Å². The molecule has 7 heteroatoms. The summed E-state index contributed by atoms with van der Waals surface area (Å²) in [6, 6.07) is 16.8. The second-order valence-corrected chi connectivity index (χ2v) is 7.90. The molecular formula is C24H31N5O2. The van der Waals surface area contributed by atoms with Crippen molar-refractivity contribution < 1.29 is 10.2 Å². The number of aliphatic hydroxyl groups is 2. The number of aromatic nitrogens is 2. The summed E-state index contributed by atoms with van der Waals surface area (Å²) in [5.41, 5.74) is 3.72. The van der Waals surface area contributed by atoms with Crippen molar-refractivity contribution in [1.82, 2.24) is 14.9 Å². The molecule has 0 atom stereocenters. The Morgan fingerprint density at radius 3 is 2.45 bits per heavy atom. The summed E-state index contributed by atoms with van der Waals surface area (Å²) in [5.74, 6) is 1.62. The quantitative estimate of drug-likeness (QED) is 0.433. The number of para-hydroxylation sites is 1. The zero-order valence-corrected chi connectivity index (χ0v) is 17.9. The number of rotatable bonds is 10. The van der Waals surface area contributed by atoms with E-state index in [0.29, 0.717) is 19.0 Å². The molecule has 0 amide bonds. The number of hydrogen-bond donors (Lipinski definition) is 3. The van der Waals surface area contributed by atoms with Crippen LogP contribution in [0.3, 0.4) is 0 Å². The highest BCUT2D eigenvalue weighted by Crippen LogP contribution is 2.29. The molecule has 2 aromatic carbocycles. The average molecular weight is 422 g/mol. The van der Waals surface area contributed by atoms with Crippen LogP contribution < -0.4 is 10.2 Å². The zero-order valence-electron chi connectivity index (χ0n) is 17.9. The van der Waals surface area contributed by atoms with Crippen LogP contribution in [0.25, 0.3) is 10.9 Å². The van der Waals surface area contributed by atoms with E-state index in [0.717, 1.165) is 55.7 Å². The molecule has 3 N–H and O–H groups in total. The average Bonchev–Trinajstić information content (AvgIpc) is 2.81. The second kappa shape index (κ2) is 10.5. The Kier molecular flexibility index (Phi) is 7.30. The second-order valence-electron chi connectivity index (χ2n) is 7.90. The molecule has 0 fully saturated rings. The molecule has 31 heavy (non-hydrogen) atoms. The van der Waals surface area contributed by atoms with E-state index in [2.05, 4.69) is 45.4 Å². The lowest BCUT2D eigenvalue weighted by atomic mass is 10.00. The minimum Gasteiger partial charge on any atom is -0.395 e. The zero-order chi connectivity index (χ0) is 21.5. The van der Waals surface area contributed by atoms with Crippen molar-refractivity contribution in [3.63, 3.8) is 0 Å². The van der Waals surface area contributed by atoms with Gasteiger partial charge in [0, 0.05) is 38.1 Å². The third kappa shape index (κ3) is 5.31. The van der Waals surface area contributed by atoms with Crippen LogP contribution in [0.5, 0.6) is 0 Å². The lowest BCUT2D eigenvalue weighted by molar-refractivity contribution is 0.161. The van der Waals surface area contributed by atoms with Gasteiger partial charge in [-0.05, 0) is 42.6 Å². The fourth-order valence-electron chi connectivity index (χ4n) is 4.18. The van der Waals surface area contributed by atoms with Crippen molar-refractivity contribution in [2.75, 3.05) is 56.2 Å². The predicted octanol–water partition coefficient (Wildman–Crippen LogP) is 2.28. The Hall–Kier alpha value is -2.74. The molecule has 7 nitrogen and oxygen atoms in total. The van der Waals surface area contributed by atoms with Crippen LogP contribution in [0.1, 0.15) is 17.5 Å². The predicted molar refractivity (Wildman–Crippen MR) is 124 cm³/mol. The third-order valence-corrected chi connectivity index (χ3v) is 5.78. The van der Waals surface area contributed by atoms with Crippen molar-refractivity contribution in [2.24, 2.45) is 0 Å². The molecule has 3 aromatic rings. The summed E-state index contributed by atoms with van der Waals surface area (Å²) in [5, 5.41) is 22.7. The molecule has 0 saturated carbocycles. The van der Waals surface area contributed by atoms with E-state index in [1.165, 1.54) is 11.1 Å². The molecule has 0 radical (unpaired) electrons. The first-order valence-electron chi connectivity index (χ1n) is 11.0. The van der Waals surface area contributed by atoms with Gasteiger partial charge in [0.2, 0.25) is 5.95 Å². The Bertz CT molecular complexity index is 991. The van der Waals surface area contributed by atoms with Gasteiger partial charge in [-0.1, -0.05) is 36.4 Å². The largest absolute Gasteiger partial charge is 0.395 e.